The predicted molar refractivity (Wildman–Crippen MR) is 147 cm³/mol. The van der Waals surface area contributed by atoms with Crippen LogP contribution in [0.4, 0.5) is 4.79 Å². The Kier molecular flexibility index (Phi) is 9.35. The van der Waals surface area contributed by atoms with Gasteiger partial charge in [0.2, 0.25) is 15.8 Å². The lowest BCUT2D eigenvalue weighted by atomic mass is 10.1. The zero-order valence-electron chi connectivity index (χ0n) is 22.2. The lowest BCUT2D eigenvalue weighted by molar-refractivity contribution is -0.122. The van der Waals surface area contributed by atoms with Crippen LogP contribution >= 0.6 is 11.8 Å². The number of benzene rings is 2. The number of imide groups is 1. The highest BCUT2D eigenvalue weighted by molar-refractivity contribution is 8.18. The van der Waals surface area contributed by atoms with Crippen molar-refractivity contribution in [3.63, 3.8) is 0 Å². The lowest BCUT2D eigenvalue weighted by Crippen LogP contribution is -2.40. The van der Waals surface area contributed by atoms with Crippen LogP contribution in [-0.2, 0) is 19.6 Å². The molecule has 0 aliphatic carbocycles. The molecule has 12 nitrogen and oxygen atoms in total. The number of nitrogens with zero attached hydrogens (tertiary/aromatic N) is 2. The first-order valence-corrected chi connectivity index (χ1v) is 14.5. The Balaban J connectivity index is 1.40. The van der Waals surface area contributed by atoms with Crippen LogP contribution < -0.4 is 19.5 Å². The van der Waals surface area contributed by atoms with Gasteiger partial charge in [-0.3, -0.25) is 19.3 Å². The van der Waals surface area contributed by atoms with Gasteiger partial charge in [0, 0.05) is 31.7 Å². The summed E-state index contributed by atoms with van der Waals surface area (Å²) in [6.07, 6.45) is 1.55. The van der Waals surface area contributed by atoms with Crippen LogP contribution in [0.2, 0.25) is 0 Å². The third-order valence-electron chi connectivity index (χ3n) is 6.18. The number of ether oxygens (including phenoxy) is 4. The molecule has 2 heterocycles. The smallest absolute Gasteiger partial charge is 0.293 e. The number of amides is 3. The number of nitrogens with one attached hydrogen (secondary N) is 1. The van der Waals surface area contributed by atoms with Gasteiger partial charge in [-0.1, -0.05) is 6.07 Å². The molecule has 2 aromatic rings. The molecular weight excluding hydrogens is 562 g/mol. The summed E-state index contributed by atoms with van der Waals surface area (Å²) >= 11 is 0.780. The number of thioether (sulfide) groups is 1. The molecule has 0 aromatic heterocycles. The molecule has 214 valence electrons. The molecule has 2 aliphatic rings. The van der Waals surface area contributed by atoms with E-state index in [2.05, 4.69) is 5.32 Å². The Morgan fingerprint density at radius 3 is 2.35 bits per heavy atom. The summed E-state index contributed by atoms with van der Waals surface area (Å²) in [5.41, 5.74) is 0.714. The van der Waals surface area contributed by atoms with Crippen LogP contribution in [0.15, 0.2) is 46.2 Å². The van der Waals surface area contributed by atoms with Gasteiger partial charge < -0.3 is 24.3 Å². The first-order chi connectivity index (χ1) is 19.2. The fraction of sp³-hybridized carbons (Fsp3) is 0.346. The Hall–Kier alpha value is -3.59. The maximum atomic E-state index is 12.9. The average Bonchev–Trinajstić information content (AvgIpc) is 3.24. The van der Waals surface area contributed by atoms with Crippen molar-refractivity contribution >= 4 is 44.9 Å². The molecule has 1 N–H and O–H groups in total. The van der Waals surface area contributed by atoms with Crippen LogP contribution in [0, 0.1) is 0 Å². The average molecular weight is 592 g/mol. The van der Waals surface area contributed by atoms with Crippen molar-refractivity contribution in [3.05, 3.63) is 52.4 Å². The number of hydrogen-bond donors (Lipinski definition) is 1. The fourth-order valence-corrected chi connectivity index (χ4v) is 6.47. The van der Waals surface area contributed by atoms with Crippen molar-refractivity contribution < 1.29 is 41.7 Å². The van der Waals surface area contributed by atoms with Crippen LogP contribution in [-0.4, -0.2) is 95.4 Å². The van der Waals surface area contributed by atoms with E-state index >= 15 is 0 Å². The van der Waals surface area contributed by atoms with Gasteiger partial charge in [0.25, 0.3) is 17.1 Å². The predicted octanol–water partition coefficient (Wildman–Crippen LogP) is 2.20. The summed E-state index contributed by atoms with van der Waals surface area (Å²) < 4.78 is 48.4. The molecule has 2 aliphatic heterocycles. The second-order valence-electron chi connectivity index (χ2n) is 8.59. The number of rotatable bonds is 10. The number of carbonyl (C=O) groups excluding carboxylic acids is 3. The Morgan fingerprint density at radius 2 is 1.73 bits per heavy atom. The highest BCUT2D eigenvalue weighted by atomic mass is 32.2. The normalized spacial score (nSPS) is 17.3. The molecule has 0 spiro atoms. The molecule has 0 bridgehead atoms. The summed E-state index contributed by atoms with van der Waals surface area (Å²) in [7, 11) is 0.663. The number of morpholine rings is 1. The van der Waals surface area contributed by atoms with E-state index in [-0.39, 0.29) is 41.5 Å². The molecule has 2 aromatic carbocycles. The van der Waals surface area contributed by atoms with Gasteiger partial charge in [0.15, 0.2) is 11.5 Å². The topological polar surface area (TPSA) is 141 Å². The van der Waals surface area contributed by atoms with E-state index in [1.54, 1.807) is 18.2 Å². The first-order valence-electron chi connectivity index (χ1n) is 12.2. The molecule has 0 atom stereocenters. The molecule has 40 heavy (non-hydrogen) atoms. The molecular formula is C26H29N3O9S2. The monoisotopic (exact) mass is 591 g/mol. The molecule has 3 amide bonds. The Morgan fingerprint density at radius 1 is 1.05 bits per heavy atom. The SMILES string of the molecule is COc1cc(/C=C2\SC(=O)N(CCNC(=O)c3cccc(S(=O)(=O)N4CCOCC4)c3)C2=O)cc(OC)c1OC. The van der Waals surface area contributed by atoms with E-state index in [1.807, 2.05) is 0 Å². The van der Waals surface area contributed by atoms with Crippen molar-refractivity contribution in [2.24, 2.45) is 0 Å². The molecule has 2 fully saturated rings. The van der Waals surface area contributed by atoms with Crippen LogP contribution in [0.25, 0.3) is 6.08 Å². The van der Waals surface area contributed by atoms with Gasteiger partial charge >= 0.3 is 0 Å². The maximum Gasteiger partial charge on any atom is 0.293 e. The van der Waals surface area contributed by atoms with Gasteiger partial charge in [0.05, 0.1) is 44.3 Å². The van der Waals surface area contributed by atoms with E-state index < -0.39 is 27.1 Å². The van der Waals surface area contributed by atoms with E-state index in [4.69, 9.17) is 18.9 Å². The van der Waals surface area contributed by atoms with Crippen molar-refractivity contribution in [1.82, 2.24) is 14.5 Å². The zero-order chi connectivity index (χ0) is 28.9. The van der Waals surface area contributed by atoms with Crippen molar-refractivity contribution in [2.75, 3.05) is 60.7 Å². The highest BCUT2D eigenvalue weighted by Gasteiger charge is 2.35. The Labute approximate surface area is 236 Å². The van der Waals surface area contributed by atoms with Gasteiger partial charge in [-0.15, -0.1) is 0 Å². The largest absolute Gasteiger partial charge is 0.493 e. The number of sulfonamides is 1. The van der Waals surface area contributed by atoms with E-state index in [0.717, 1.165) is 16.7 Å². The van der Waals surface area contributed by atoms with Gasteiger partial charge in [-0.2, -0.15) is 4.31 Å². The van der Waals surface area contributed by atoms with Crippen molar-refractivity contribution in [3.8, 4) is 17.2 Å². The van der Waals surface area contributed by atoms with Crippen LogP contribution in [0.1, 0.15) is 15.9 Å². The van der Waals surface area contributed by atoms with Crippen LogP contribution in [0.3, 0.4) is 0 Å². The number of hydrogen-bond acceptors (Lipinski definition) is 10. The van der Waals surface area contributed by atoms with Gasteiger partial charge in [-0.05, 0) is 53.7 Å². The maximum absolute atomic E-state index is 12.9. The second-order valence-corrected chi connectivity index (χ2v) is 11.5. The van der Waals surface area contributed by atoms with Gasteiger partial charge in [-0.25, -0.2) is 8.42 Å². The summed E-state index contributed by atoms with van der Waals surface area (Å²) in [5.74, 6) is 0.166. The van der Waals surface area contributed by atoms with Crippen LogP contribution in [0.5, 0.6) is 17.2 Å². The molecule has 0 saturated carbocycles. The standard InChI is InChI=1S/C26H29N3O9S2/c1-35-20-13-17(14-21(36-2)23(20)37-3)15-22-25(31)29(26(32)39-22)8-7-27-24(30)18-5-4-6-19(16-18)40(33,34)28-9-11-38-12-10-28/h4-6,13-16H,7-12H2,1-3H3,(H,27,30)/b22-15-. The Bertz CT molecular complexity index is 1410. The van der Waals surface area contributed by atoms with Crippen molar-refractivity contribution in [2.45, 2.75) is 4.90 Å². The summed E-state index contributed by atoms with van der Waals surface area (Å²) in [4.78, 5) is 39.5. The van der Waals surface area contributed by atoms with E-state index in [0.29, 0.717) is 36.0 Å². The summed E-state index contributed by atoms with van der Waals surface area (Å²) in [6, 6.07) is 9.04. The van der Waals surface area contributed by atoms with E-state index in [1.165, 1.54) is 49.9 Å². The highest BCUT2D eigenvalue weighted by Crippen LogP contribution is 2.40. The molecule has 4 rings (SSSR count). The minimum atomic E-state index is -3.77. The van der Waals surface area contributed by atoms with Crippen molar-refractivity contribution in [1.29, 1.82) is 0 Å². The summed E-state index contributed by atoms with van der Waals surface area (Å²) in [5, 5.41) is 2.17. The zero-order valence-corrected chi connectivity index (χ0v) is 23.8. The van der Waals surface area contributed by atoms with E-state index in [9.17, 15) is 22.8 Å². The minimum absolute atomic E-state index is 0.00456. The van der Waals surface area contributed by atoms with Gasteiger partial charge in [0.1, 0.15) is 0 Å². The molecule has 0 unspecified atom stereocenters. The first kappa shape index (κ1) is 29.4. The number of methoxy groups -OCH3 is 3. The molecule has 14 heteroatoms. The molecule has 0 radical (unpaired) electrons. The number of carbonyl (C=O) groups is 3. The quantitative estimate of drug-likeness (QED) is 0.409. The second kappa shape index (κ2) is 12.7. The summed E-state index contributed by atoms with van der Waals surface area (Å²) in [6.45, 7) is 1.02. The minimum Gasteiger partial charge on any atom is -0.493 e. The molecule has 2 saturated heterocycles. The third-order valence-corrected chi connectivity index (χ3v) is 8.99. The lowest BCUT2D eigenvalue weighted by Gasteiger charge is -2.26. The fourth-order valence-electron chi connectivity index (χ4n) is 4.15. The third kappa shape index (κ3) is 6.25.